The number of benzene rings is 1. The minimum absolute atomic E-state index is 0.235. The van der Waals surface area contributed by atoms with Gasteiger partial charge in [-0.15, -0.1) is 5.10 Å². The summed E-state index contributed by atoms with van der Waals surface area (Å²) in [6, 6.07) is 6.31. The van der Waals surface area contributed by atoms with Crippen LogP contribution < -0.4 is 10.1 Å². The molecule has 1 unspecified atom stereocenters. The lowest BCUT2D eigenvalue weighted by Gasteiger charge is -2.18. The third-order valence-electron chi connectivity index (χ3n) is 3.16. The summed E-state index contributed by atoms with van der Waals surface area (Å²) >= 11 is 3.52. The number of nitrogens with one attached hydrogen (secondary N) is 1. The van der Waals surface area contributed by atoms with Gasteiger partial charge in [0.2, 0.25) is 0 Å². The van der Waals surface area contributed by atoms with E-state index in [1.807, 2.05) is 25.4 Å². The van der Waals surface area contributed by atoms with Gasteiger partial charge in [0.05, 0.1) is 6.20 Å². The maximum atomic E-state index is 5.92. The second kappa shape index (κ2) is 7.56. The van der Waals surface area contributed by atoms with Gasteiger partial charge in [0.15, 0.2) is 0 Å². The number of aromatic nitrogens is 3. The average molecular weight is 353 g/mol. The van der Waals surface area contributed by atoms with Crippen LogP contribution in [0, 0.1) is 0 Å². The summed E-state index contributed by atoms with van der Waals surface area (Å²) < 4.78 is 8.64. The molecule has 0 amide bonds. The molecule has 21 heavy (non-hydrogen) atoms. The number of hydrogen-bond donors (Lipinski definition) is 1. The van der Waals surface area contributed by atoms with Crippen molar-refractivity contribution in [3.63, 3.8) is 0 Å². The van der Waals surface area contributed by atoms with Crippen LogP contribution in [-0.2, 0) is 13.7 Å². The largest absolute Gasteiger partial charge is 0.487 e. The molecular formula is C15H21BrN4O. The van der Waals surface area contributed by atoms with Crippen molar-refractivity contribution in [2.24, 2.45) is 7.05 Å². The maximum Gasteiger partial charge on any atom is 0.134 e. The van der Waals surface area contributed by atoms with Crippen LogP contribution >= 0.6 is 15.9 Å². The highest BCUT2D eigenvalue weighted by Gasteiger charge is 2.12. The summed E-state index contributed by atoms with van der Waals surface area (Å²) in [5.74, 6) is 0.875. The zero-order chi connectivity index (χ0) is 15.2. The second-order valence-corrected chi connectivity index (χ2v) is 5.95. The molecule has 1 aromatic carbocycles. The van der Waals surface area contributed by atoms with Gasteiger partial charge in [0, 0.05) is 23.1 Å². The van der Waals surface area contributed by atoms with Gasteiger partial charge in [-0.2, -0.15) is 0 Å². The third kappa shape index (κ3) is 4.54. The molecule has 0 saturated heterocycles. The Kier molecular flexibility index (Phi) is 5.76. The first-order valence-electron chi connectivity index (χ1n) is 7.11. The minimum atomic E-state index is 0.235. The lowest BCUT2D eigenvalue weighted by atomic mass is 10.1. The van der Waals surface area contributed by atoms with Crippen molar-refractivity contribution in [3.8, 4) is 5.75 Å². The molecule has 0 aliphatic rings. The zero-order valence-corrected chi connectivity index (χ0v) is 14.2. The fraction of sp³-hybridized carbons (Fsp3) is 0.467. The van der Waals surface area contributed by atoms with Crippen LogP contribution in [0.4, 0.5) is 0 Å². The quantitative estimate of drug-likeness (QED) is 0.831. The summed E-state index contributed by atoms with van der Waals surface area (Å²) in [5, 5.41) is 11.4. The molecule has 114 valence electrons. The normalized spacial score (nSPS) is 12.4. The monoisotopic (exact) mass is 352 g/mol. The fourth-order valence-electron chi connectivity index (χ4n) is 2.07. The Labute approximate surface area is 133 Å². The van der Waals surface area contributed by atoms with Gasteiger partial charge in [-0.25, -0.2) is 0 Å². The number of aryl methyl sites for hydroxylation is 1. The Bertz CT molecular complexity index is 585. The van der Waals surface area contributed by atoms with E-state index in [0.29, 0.717) is 6.61 Å². The molecule has 0 bridgehead atoms. The van der Waals surface area contributed by atoms with Gasteiger partial charge in [0.25, 0.3) is 0 Å². The van der Waals surface area contributed by atoms with Crippen LogP contribution in [0.3, 0.4) is 0 Å². The zero-order valence-electron chi connectivity index (χ0n) is 12.6. The van der Waals surface area contributed by atoms with E-state index in [9.17, 15) is 0 Å². The average Bonchev–Trinajstić information content (AvgIpc) is 2.89. The first kappa shape index (κ1) is 16.0. The van der Waals surface area contributed by atoms with Crippen molar-refractivity contribution in [1.29, 1.82) is 0 Å². The number of hydrogen-bond acceptors (Lipinski definition) is 4. The van der Waals surface area contributed by atoms with Crippen LogP contribution in [0.15, 0.2) is 28.9 Å². The smallest absolute Gasteiger partial charge is 0.134 e. The molecule has 2 aromatic rings. The predicted molar refractivity (Wildman–Crippen MR) is 86.2 cm³/mol. The molecule has 0 aliphatic carbocycles. The van der Waals surface area contributed by atoms with E-state index in [1.165, 1.54) is 0 Å². The highest BCUT2D eigenvalue weighted by atomic mass is 79.9. The van der Waals surface area contributed by atoms with Gasteiger partial charge in [-0.05, 0) is 38.1 Å². The Hall–Kier alpha value is -1.40. The van der Waals surface area contributed by atoms with Crippen LogP contribution in [0.25, 0.3) is 0 Å². The molecule has 1 heterocycles. The lowest BCUT2D eigenvalue weighted by Crippen LogP contribution is -2.20. The maximum absolute atomic E-state index is 5.92. The number of nitrogens with zero attached hydrogens (tertiary/aromatic N) is 3. The van der Waals surface area contributed by atoms with E-state index in [1.54, 1.807) is 4.68 Å². The van der Waals surface area contributed by atoms with E-state index >= 15 is 0 Å². The van der Waals surface area contributed by atoms with E-state index in [2.05, 4.69) is 51.5 Å². The molecule has 1 atom stereocenters. The first-order chi connectivity index (χ1) is 10.1. The van der Waals surface area contributed by atoms with Crippen molar-refractivity contribution in [2.75, 3.05) is 6.54 Å². The Balaban J connectivity index is 2.10. The summed E-state index contributed by atoms with van der Waals surface area (Å²) in [6.45, 7) is 5.71. The summed E-state index contributed by atoms with van der Waals surface area (Å²) in [7, 11) is 1.85. The van der Waals surface area contributed by atoms with E-state index in [0.717, 1.165) is 34.4 Å². The topological polar surface area (TPSA) is 52.0 Å². The highest BCUT2D eigenvalue weighted by Crippen LogP contribution is 2.29. The summed E-state index contributed by atoms with van der Waals surface area (Å²) in [6.07, 6.45) is 2.96. The van der Waals surface area contributed by atoms with E-state index in [4.69, 9.17) is 4.74 Å². The molecule has 0 fully saturated rings. The predicted octanol–water partition coefficient (Wildman–Crippen LogP) is 3.22. The van der Waals surface area contributed by atoms with Gasteiger partial charge < -0.3 is 10.1 Å². The van der Waals surface area contributed by atoms with Gasteiger partial charge in [0.1, 0.15) is 18.1 Å². The number of halogens is 1. The summed E-state index contributed by atoms with van der Waals surface area (Å²) in [4.78, 5) is 0. The minimum Gasteiger partial charge on any atom is -0.487 e. The SMILES string of the molecule is CCCNC(C)c1cc(Br)ccc1OCc1cn(C)nn1. The van der Waals surface area contributed by atoms with Crippen LogP contribution in [0.1, 0.15) is 37.6 Å². The molecule has 2 rings (SSSR count). The molecular weight excluding hydrogens is 332 g/mol. The van der Waals surface area contributed by atoms with Gasteiger partial charge in [-0.3, -0.25) is 4.68 Å². The van der Waals surface area contributed by atoms with E-state index in [-0.39, 0.29) is 6.04 Å². The number of rotatable bonds is 7. The molecule has 0 aliphatic heterocycles. The van der Waals surface area contributed by atoms with Gasteiger partial charge in [-0.1, -0.05) is 28.1 Å². The van der Waals surface area contributed by atoms with Crippen molar-refractivity contribution in [3.05, 3.63) is 40.1 Å². The Morgan fingerprint density at radius 3 is 2.90 bits per heavy atom. The molecule has 5 nitrogen and oxygen atoms in total. The molecule has 1 aromatic heterocycles. The lowest BCUT2D eigenvalue weighted by molar-refractivity contribution is 0.295. The molecule has 0 saturated carbocycles. The Morgan fingerprint density at radius 2 is 2.24 bits per heavy atom. The van der Waals surface area contributed by atoms with Crippen LogP contribution in [-0.4, -0.2) is 21.5 Å². The summed E-state index contributed by atoms with van der Waals surface area (Å²) in [5.41, 5.74) is 1.96. The van der Waals surface area contributed by atoms with E-state index < -0.39 is 0 Å². The standard InChI is InChI=1S/C15H21BrN4O/c1-4-7-17-11(2)14-8-12(16)5-6-15(14)21-10-13-9-20(3)19-18-13/h5-6,8-9,11,17H,4,7,10H2,1-3H3. The van der Waals surface area contributed by atoms with Crippen molar-refractivity contribution < 1.29 is 4.74 Å². The first-order valence-corrected chi connectivity index (χ1v) is 7.90. The van der Waals surface area contributed by atoms with Crippen LogP contribution in [0.2, 0.25) is 0 Å². The molecule has 0 spiro atoms. The van der Waals surface area contributed by atoms with Crippen LogP contribution in [0.5, 0.6) is 5.75 Å². The highest BCUT2D eigenvalue weighted by molar-refractivity contribution is 9.10. The Morgan fingerprint density at radius 1 is 1.43 bits per heavy atom. The molecule has 0 radical (unpaired) electrons. The third-order valence-corrected chi connectivity index (χ3v) is 3.66. The molecule has 1 N–H and O–H groups in total. The fourth-order valence-corrected chi connectivity index (χ4v) is 2.45. The van der Waals surface area contributed by atoms with Crippen molar-refractivity contribution in [1.82, 2.24) is 20.3 Å². The van der Waals surface area contributed by atoms with Gasteiger partial charge >= 0.3 is 0 Å². The van der Waals surface area contributed by atoms with Crippen molar-refractivity contribution in [2.45, 2.75) is 32.9 Å². The number of ether oxygens (including phenoxy) is 1. The van der Waals surface area contributed by atoms with Crippen molar-refractivity contribution >= 4 is 15.9 Å². The second-order valence-electron chi connectivity index (χ2n) is 5.03. The molecule has 6 heteroatoms.